The number of amides is 1. The lowest BCUT2D eigenvalue weighted by Crippen LogP contribution is -2.66. The summed E-state index contributed by atoms with van der Waals surface area (Å²) in [7, 11) is 0. The van der Waals surface area contributed by atoms with Crippen molar-refractivity contribution in [2.75, 3.05) is 26.2 Å². The molecule has 2 saturated heterocycles. The zero-order chi connectivity index (χ0) is 13.4. The SMILES string of the molecule is CC(C)(C)OC(=O)N1CC2(CCC(CN)CO2)C1. The molecular weight excluding hydrogens is 232 g/mol. The molecule has 1 amide bonds. The predicted molar refractivity (Wildman–Crippen MR) is 68.3 cm³/mol. The summed E-state index contributed by atoms with van der Waals surface area (Å²) in [5.41, 5.74) is 5.08. The van der Waals surface area contributed by atoms with Crippen molar-refractivity contribution >= 4 is 6.09 Å². The molecule has 0 aromatic heterocycles. The van der Waals surface area contributed by atoms with Gasteiger partial charge in [0.05, 0.1) is 19.7 Å². The Balaban J connectivity index is 1.78. The molecule has 0 aliphatic carbocycles. The second-order valence-corrected chi connectivity index (χ2v) is 6.47. The zero-order valence-corrected chi connectivity index (χ0v) is 11.6. The van der Waals surface area contributed by atoms with Gasteiger partial charge in [-0.3, -0.25) is 0 Å². The first-order valence-electron chi connectivity index (χ1n) is 6.65. The summed E-state index contributed by atoms with van der Waals surface area (Å²) in [5, 5.41) is 0. The minimum atomic E-state index is -0.433. The number of likely N-dealkylation sites (tertiary alicyclic amines) is 1. The van der Waals surface area contributed by atoms with Gasteiger partial charge in [-0.1, -0.05) is 0 Å². The van der Waals surface area contributed by atoms with Crippen LogP contribution in [0.15, 0.2) is 0 Å². The van der Waals surface area contributed by atoms with E-state index >= 15 is 0 Å². The van der Waals surface area contributed by atoms with Crippen LogP contribution in [0, 0.1) is 5.92 Å². The fourth-order valence-electron chi connectivity index (χ4n) is 2.46. The molecule has 2 aliphatic heterocycles. The molecule has 1 atom stereocenters. The van der Waals surface area contributed by atoms with E-state index in [1.807, 2.05) is 20.8 Å². The molecule has 0 bridgehead atoms. The minimum absolute atomic E-state index is 0.122. The van der Waals surface area contributed by atoms with E-state index in [0.717, 1.165) is 19.4 Å². The first kappa shape index (κ1) is 13.6. The molecule has 2 aliphatic rings. The molecule has 0 radical (unpaired) electrons. The van der Waals surface area contributed by atoms with Gasteiger partial charge < -0.3 is 20.1 Å². The Labute approximate surface area is 109 Å². The fraction of sp³-hybridized carbons (Fsp3) is 0.923. The number of ether oxygens (including phenoxy) is 2. The molecule has 0 aromatic carbocycles. The van der Waals surface area contributed by atoms with Gasteiger partial charge in [0.15, 0.2) is 0 Å². The second kappa shape index (κ2) is 4.70. The average molecular weight is 256 g/mol. The molecule has 1 unspecified atom stereocenters. The van der Waals surface area contributed by atoms with Crippen LogP contribution in [0.2, 0.25) is 0 Å². The summed E-state index contributed by atoms with van der Waals surface area (Å²) >= 11 is 0. The lowest BCUT2D eigenvalue weighted by atomic mass is 9.83. The molecule has 0 saturated carbocycles. The van der Waals surface area contributed by atoms with Gasteiger partial charge in [-0.05, 0) is 46.1 Å². The van der Waals surface area contributed by atoms with Crippen molar-refractivity contribution in [1.29, 1.82) is 0 Å². The van der Waals surface area contributed by atoms with Crippen LogP contribution in [-0.4, -0.2) is 48.4 Å². The van der Waals surface area contributed by atoms with E-state index in [-0.39, 0.29) is 11.7 Å². The van der Waals surface area contributed by atoms with Crippen LogP contribution in [0.5, 0.6) is 0 Å². The lowest BCUT2D eigenvalue weighted by Gasteiger charge is -2.52. The Bertz CT molecular complexity index is 309. The Morgan fingerprint density at radius 1 is 1.50 bits per heavy atom. The number of nitrogens with two attached hydrogens (primary N) is 1. The molecule has 2 rings (SSSR count). The maximum absolute atomic E-state index is 11.8. The minimum Gasteiger partial charge on any atom is -0.444 e. The van der Waals surface area contributed by atoms with E-state index in [2.05, 4.69) is 0 Å². The molecular formula is C13H24N2O3. The van der Waals surface area contributed by atoms with Crippen molar-refractivity contribution in [2.45, 2.75) is 44.8 Å². The molecule has 0 aromatic rings. The standard InChI is InChI=1S/C13H24N2O3/c1-12(2,3)18-11(16)15-8-13(9-15)5-4-10(6-14)7-17-13/h10H,4-9,14H2,1-3H3. The average Bonchev–Trinajstić information content (AvgIpc) is 2.23. The van der Waals surface area contributed by atoms with Crippen LogP contribution in [0.25, 0.3) is 0 Å². The number of rotatable bonds is 1. The molecule has 104 valence electrons. The third-order valence-corrected chi connectivity index (χ3v) is 3.58. The Hall–Kier alpha value is -0.810. The van der Waals surface area contributed by atoms with Crippen LogP contribution >= 0.6 is 0 Å². The number of hydrogen-bond donors (Lipinski definition) is 1. The van der Waals surface area contributed by atoms with E-state index in [1.54, 1.807) is 4.90 Å². The van der Waals surface area contributed by atoms with Gasteiger partial charge in [-0.25, -0.2) is 4.79 Å². The highest BCUT2D eigenvalue weighted by Crippen LogP contribution is 2.36. The lowest BCUT2D eigenvalue weighted by molar-refractivity contribution is -0.172. The van der Waals surface area contributed by atoms with Gasteiger partial charge >= 0.3 is 6.09 Å². The first-order valence-corrected chi connectivity index (χ1v) is 6.65. The predicted octanol–water partition coefficient (Wildman–Crippen LogP) is 1.36. The highest BCUT2D eigenvalue weighted by Gasteiger charge is 2.49. The van der Waals surface area contributed by atoms with Crippen molar-refractivity contribution in [1.82, 2.24) is 4.90 Å². The Morgan fingerprint density at radius 3 is 2.61 bits per heavy atom. The summed E-state index contributed by atoms with van der Waals surface area (Å²) in [6.07, 6.45) is 1.85. The normalized spacial score (nSPS) is 26.9. The van der Waals surface area contributed by atoms with Crippen LogP contribution in [-0.2, 0) is 9.47 Å². The summed E-state index contributed by atoms with van der Waals surface area (Å²) in [6.45, 7) is 8.35. The van der Waals surface area contributed by atoms with Crippen LogP contribution in [0.1, 0.15) is 33.6 Å². The van der Waals surface area contributed by atoms with E-state index in [9.17, 15) is 4.79 Å². The first-order chi connectivity index (χ1) is 8.34. The van der Waals surface area contributed by atoms with Crippen molar-refractivity contribution in [3.8, 4) is 0 Å². The Morgan fingerprint density at radius 2 is 2.17 bits per heavy atom. The molecule has 5 nitrogen and oxygen atoms in total. The number of carbonyl (C=O) groups is 1. The van der Waals surface area contributed by atoms with Crippen molar-refractivity contribution in [3.05, 3.63) is 0 Å². The van der Waals surface area contributed by atoms with Crippen molar-refractivity contribution < 1.29 is 14.3 Å². The van der Waals surface area contributed by atoms with Crippen LogP contribution < -0.4 is 5.73 Å². The number of carbonyl (C=O) groups excluding carboxylic acids is 1. The maximum atomic E-state index is 11.8. The number of hydrogen-bond acceptors (Lipinski definition) is 4. The molecule has 5 heteroatoms. The summed E-state index contributed by atoms with van der Waals surface area (Å²) in [6, 6.07) is 0. The highest BCUT2D eigenvalue weighted by atomic mass is 16.6. The molecule has 2 N–H and O–H groups in total. The fourth-order valence-corrected chi connectivity index (χ4v) is 2.46. The summed E-state index contributed by atoms with van der Waals surface area (Å²) in [4.78, 5) is 13.5. The molecule has 18 heavy (non-hydrogen) atoms. The van der Waals surface area contributed by atoms with Crippen molar-refractivity contribution in [3.63, 3.8) is 0 Å². The highest BCUT2D eigenvalue weighted by molar-refractivity contribution is 5.69. The smallest absolute Gasteiger partial charge is 0.410 e. The quantitative estimate of drug-likeness (QED) is 0.769. The zero-order valence-electron chi connectivity index (χ0n) is 11.6. The van der Waals surface area contributed by atoms with Gasteiger partial charge in [0.1, 0.15) is 11.2 Å². The van der Waals surface area contributed by atoms with Crippen LogP contribution in [0.4, 0.5) is 4.79 Å². The van der Waals surface area contributed by atoms with Gasteiger partial charge in [0.25, 0.3) is 0 Å². The third-order valence-electron chi connectivity index (χ3n) is 3.58. The Kier molecular flexibility index (Phi) is 3.56. The van der Waals surface area contributed by atoms with Gasteiger partial charge in [0, 0.05) is 0 Å². The monoisotopic (exact) mass is 256 g/mol. The van der Waals surface area contributed by atoms with E-state index in [1.165, 1.54) is 0 Å². The number of nitrogens with zero attached hydrogens (tertiary/aromatic N) is 1. The molecule has 1 spiro atoms. The van der Waals surface area contributed by atoms with E-state index < -0.39 is 5.60 Å². The van der Waals surface area contributed by atoms with Crippen LogP contribution in [0.3, 0.4) is 0 Å². The van der Waals surface area contributed by atoms with E-state index in [0.29, 0.717) is 25.6 Å². The second-order valence-electron chi connectivity index (χ2n) is 6.47. The summed E-state index contributed by atoms with van der Waals surface area (Å²) < 4.78 is 11.2. The topological polar surface area (TPSA) is 64.8 Å². The molecule has 2 heterocycles. The van der Waals surface area contributed by atoms with Crippen molar-refractivity contribution in [2.24, 2.45) is 11.7 Å². The van der Waals surface area contributed by atoms with E-state index in [4.69, 9.17) is 15.2 Å². The van der Waals surface area contributed by atoms with Gasteiger partial charge in [-0.2, -0.15) is 0 Å². The largest absolute Gasteiger partial charge is 0.444 e. The van der Waals surface area contributed by atoms with Gasteiger partial charge in [-0.15, -0.1) is 0 Å². The van der Waals surface area contributed by atoms with Gasteiger partial charge in [0.2, 0.25) is 0 Å². The maximum Gasteiger partial charge on any atom is 0.410 e. The summed E-state index contributed by atoms with van der Waals surface area (Å²) in [5.74, 6) is 0.478. The molecule has 2 fully saturated rings. The third kappa shape index (κ3) is 2.95.